The minimum atomic E-state index is 0.0147. The van der Waals surface area contributed by atoms with Crippen molar-refractivity contribution in [2.24, 2.45) is 5.11 Å². The molecule has 2 atom stereocenters. The standard InChI is InChI=1S/C10H11ClO.C10H11N3O/c1-12-8-3-4-9-7(6-8)2-5-10(9)11;1-14-8-3-4-9-7(6-8)2-5-10(9)12-13-11/h3-4,6,10H,2,5H2,1H3;3-4,6,10H,2,5H2,1H3. The Balaban J connectivity index is 0.000000152. The Morgan fingerprint density at radius 2 is 1.54 bits per heavy atom. The van der Waals surface area contributed by atoms with E-state index in [-0.39, 0.29) is 11.4 Å². The van der Waals surface area contributed by atoms with Crippen LogP contribution in [0.4, 0.5) is 0 Å². The summed E-state index contributed by atoms with van der Waals surface area (Å²) in [5, 5.41) is 3.97. The van der Waals surface area contributed by atoms with Crippen molar-refractivity contribution in [1.82, 2.24) is 0 Å². The van der Waals surface area contributed by atoms with Crippen LogP contribution in [-0.4, -0.2) is 14.2 Å². The third-order valence-electron chi connectivity index (χ3n) is 4.94. The number of rotatable bonds is 3. The van der Waals surface area contributed by atoms with Crippen LogP contribution in [0.3, 0.4) is 0 Å². The van der Waals surface area contributed by atoms with Gasteiger partial charge in [0.25, 0.3) is 0 Å². The number of halogens is 1. The molecular weight excluding hydrogens is 350 g/mol. The lowest BCUT2D eigenvalue weighted by atomic mass is 10.1. The normalized spacial score (nSPS) is 19.5. The molecule has 136 valence electrons. The van der Waals surface area contributed by atoms with E-state index in [0.29, 0.717) is 0 Å². The summed E-state index contributed by atoms with van der Waals surface area (Å²) >= 11 is 6.10. The average molecular weight is 372 g/mol. The summed E-state index contributed by atoms with van der Waals surface area (Å²) in [4.78, 5) is 2.85. The molecule has 0 spiro atoms. The van der Waals surface area contributed by atoms with Gasteiger partial charge in [-0.05, 0) is 77.7 Å². The van der Waals surface area contributed by atoms with Gasteiger partial charge >= 0.3 is 0 Å². The van der Waals surface area contributed by atoms with Gasteiger partial charge in [0.05, 0.1) is 25.6 Å². The van der Waals surface area contributed by atoms with Gasteiger partial charge in [-0.15, -0.1) is 11.6 Å². The molecule has 2 aromatic rings. The second-order valence-corrected chi connectivity index (χ2v) is 6.92. The Morgan fingerprint density at radius 3 is 2.15 bits per heavy atom. The highest BCUT2D eigenvalue weighted by atomic mass is 35.5. The average Bonchev–Trinajstić information content (AvgIpc) is 3.25. The lowest BCUT2D eigenvalue weighted by Gasteiger charge is -2.05. The minimum absolute atomic E-state index is 0.0147. The molecule has 6 heteroatoms. The molecule has 0 amide bonds. The molecule has 0 radical (unpaired) electrons. The van der Waals surface area contributed by atoms with Crippen LogP contribution in [0.25, 0.3) is 10.4 Å². The van der Waals surface area contributed by atoms with Crippen LogP contribution in [0.1, 0.15) is 46.5 Å². The highest BCUT2D eigenvalue weighted by Gasteiger charge is 2.21. The number of hydrogen-bond donors (Lipinski definition) is 0. The molecule has 0 fully saturated rings. The fraction of sp³-hybridized carbons (Fsp3) is 0.400. The lowest BCUT2D eigenvalue weighted by molar-refractivity contribution is 0.414. The number of methoxy groups -OCH3 is 2. The number of aryl methyl sites for hydroxylation is 2. The summed E-state index contributed by atoms with van der Waals surface area (Å²) in [5.74, 6) is 1.80. The maximum atomic E-state index is 8.39. The fourth-order valence-corrected chi connectivity index (χ4v) is 3.87. The Bertz CT molecular complexity index is 834. The Hall–Kier alpha value is -2.36. The minimum Gasteiger partial charge on any atom is -0.497 e. The largest absolute Gasteiger partial charge is 0.497 e. The van der Waals surface area contributed by atoms with Gasteiger partial charge in [-0.3, -0.25) is 0 Å². The van der Waals surface area contributed by atoms with Crippen molar-refractivity contribution in [1.29, 1.82) is 0 Å². The highest BCUT2D eigenvalue weighted by molar-refractivity contribution is 6.21. The van der Waals surface area contributed by atoms with Gasteiger partial charge in [0.1, 0.15) is 11.5 Å². The van der Waals surface area contributed by atoms with Crippen molar-refractivity contribution in [3.63, 3.8) is 0 Å². The molecule has 0 bridgehead atoms. The molecule has 2 aliphatic carbocycles. The predicted octanol–water partition coefficient (Wildman–Crippen LogP) is 5.91. The molecule has 5 nitrogen and oxygen atoms in total. The first-order valence-electron chi connectivity index (χ1n) is 8.68. The molecule has 0 heterocycles. The van der Waals surface area contributed by atoms with Gasteiger partial charge in [-0.1, -0.05) is 17.2 Å². The summed E-state index contributed by atoms with van der Waals surface area (Å²) < 4.78 is 10.3. The monoisotopic (exact) mass is 371 g/mol. The second-order valence-electron chi connectivity index (χ2n) is 6.40. The molecule has 0 saturated heterocycles. The molecule has 2 aliphatic rings. The summed E-state index contributed by atoms with van der Waals surface area (Å²) in [6.07, 6.45) is 4.02. The third kappa shape index (κ3) is 3.90. The van der Waals surface area contributed by atoms with Crippen molar-refractivity contribution >= 4 is 11.6 Å². The number of hydrogen-bond acceptors (Lipinski definition) is 3. The molecule has 0 aromatic heterocycles. The van der Waals surface area contributed by atoms with E-state index in [1.54, 1.807) is 14.2 Å². The third-order valence-corrected chi connectivity index (χ3v) is 5.40. The summed E-state index contributed by atoms with van der Waals surface area (Å²) in [6.45, 7) is 0. The second kappa shape index (κ2) is 8.35. The number of fused-ring (bicyclic) bond motifs is 2. The SMILES string of the molecule is COc1ccc2c(c1)CCC2Cl.COc1ccc2c(c1)CCC2N=[N+]=[N-]. The molecule has 0 saturated carbocycles. The van der Waals surface area contributed by atoms with Gasteiger partial charge < -0.3 is 9.47 Å². The van der Waals surface area contributed by atoms with E-state index in [4.69, 9.17) is 26.6 Å². The summed E-state index contributed by atoms with van der Waals surface area (Å²) in [5.41, 5.74) is 13.4. The molecule has 4 rings (SSSR count). The van der Waals surface area contributed by atoms with Gasteiger partial charge in [-0.2, -0.15) is 0 Å². The van der Waals surface area contributed by atoms with Crippen molar-refractivity contribution in [3.05, 3.63) is 69.1 Å². The zero-order chi connectivity index (χ0) is 18.5. The van der Waals surface area contributed by atoms with Crippen LogP contribution >= 0.6 is 11.6 Å². The first-order valence-corrected chi connectivity index (χ1v) is 9.11. The van der Waals surface area contributed by atoms with E-state index >= 15 is 0 Å². The summed E-state index contributed by atoms with van der Waals surface area (Å²) in [7, 11) is 3.34. The van der Waals surface area contributed by atoms with Crippen LogP contribution in [-0.2, 0) is 12.8 Å². The molecule has 2 unspecified atom stereocenters. The Morgan fingerprint density at radius 1 is 0.962 bits per heavy atom. The van der Waals surface area contributed by atoms with E-state index in [9.17, 15) is 0 Å². The van der Waals surface area contributed by atoms with Gasteiger partial charge in [0.15, 0.2) is 0 Å². The number of alkyl halides is 1. The van der Waals surface area contributed by atoms with E-state index < -0.39 is 0 Å². The first-order chi connectivity index (χ1) is 12.7. The van der Waals surface area contributed by atoms with Crippen LogP contribution in [0.2, 0.25) is 0 Å². The highest BCUT2D eigenvalue weighted by Crippen LogP contribution is 2.37. The van der Waals surface area contributed by atoms with Crippen LogP contribution in [0.15, 0.2) is 41.5 Å². The molecule has 0 N–H and O–H groups in total. The van der Waals surface area contributed by atoms with E-state index in [2.05, 4.69) is 22.2 Å². The van der Waals surface area contributed by atoms with Gasteiger partial charge in [0.2, 0.25) is 0 Å². The zero-order valence-electron chi connectivity index (χ0n) is 15.0. The van der Waals surface area contributed by atoms with Gasteiger partial charge in [0, 0.05) is 4.91 Å². The predicted molar refractivity (Wildman–Crippen MR) is 103 cm³/mol. The Kier molecular flexibility index (Phi) is 5.92. The van der Waals surface area contributed by atoms with Crippen molar-refractivity contribution in [2.75, 3.05) is 14.2 Å². The number of ether oxygens (including phenoxy) is 2. The molecule has 26 heavy (non-hydrogen) atoms. The van der Waals surface area contributed by atoms with E-state index in [0.717, 1.165) is 42.7 Å². The zero-order valence-corrected chi connectivity index (χ0v) is 15.7. The smallest absolute Gasteiger partial charge is 0.119 e. The Labute approximate surface area is 158 Å². The molecular formula is C20H22ClN3O2. The van der Waals surface area contributed by atoms with Crippen molar-refractivity contribution in [3.8, 4) is 11.5 Å². The molecule has 0 aliphatic heterocycles. The quantitative estimate of drug-likeness (QED) is 0.291. The van der Waals surface area contributed by atoms with Gasteiger partial charge in [-0.25, -0.2) is 0 Å². The molecule has 2 aromatic carbocycles. The van der Waals surface area contributed by atoms with Crippen LogP contribution in [0, 0.1) is 0 Å². The maximum absolute atomic E-state index is 8.39. The lowest BCUT2D eigenvalue weighted by Crippen LogP contribution is -1.89. The van der Waals surface area contributed by atoms with Crippen molar-refractivity contribution in [2.45, 2.75) is 37.1 Å². The number of azide groups is 1. The topological polar surface area (TPSA) is 67.2 Å². The number of benzene rings is 2. The van der Waals surface area contributed by atoms with Crippen LogP contribution < -0.4 is 9.47 Å². The van der Waals surface area contributed by atoms with E-state index in [1.807, 2.05) is 24.3 Å². The van der Waals surface area contributed by atoms with Crippen molar-refractivity contribution < 1.29 is 9.47 Å². The summed E-state index contributed by atoms with van der Waals surface area (Å²) in [6, 6.07) is 12.0. The van der Waals surface area contributed by atoms with E-state index in [1.165, 1.54) is 16.7 Å². The van der Waals surface area contributed by atoms with Crippen LogP contribution in [0.5, 0.6) is 11.5 Å². The number of nitrogens with zero attached hydrogens (tertiary/aromatic N) is 3. The first kappa shape index (κ1) is 18.4. The maximum Gasteiger partial charge on any atom is 0.119 e. The fourth-order valence-electron chi connectivity index (χ4n) is 3.55.